The van der Waals surface area contributed by atoms with Gasteiger partial charge in [0.25, 0.3) is 5.91 Å². The van der Waals surface area contributed by atoms with Gasteiger partial charge in [0.1, 0.15) is 17.0 Å². The summed E-state index contributed by atoms with van der Waals surface area (Å²) >= 11 is 6.12. The Labute approximate surface area is 196 Å². The highest BCUT2D eigenvalue weighted by molar-refractivity contribution is 6.29. The second kappa shape index (κ2) is 9.07. The van der Waals surface area contributed by atoms with Crippen LogP contribution in [0.1, 0.15) is 47.2 Å². The number of amides is 3. The third kappa shape index (κ3) is 4.43. The Bertz CT molecular complexity index is 1100. The van der Waals surface area contributed by atoms with Crippen LogP contribution in [0.2, 0.25) is 5.15 Å². The number of hydrogen-bond donors (Lipinski definition) is 2. The molecule has 2 unspecified atom stereocenters. The number of aromatic nitrogens is 2. The van der Waals surface area contributed by atoms with E-state index in [0.717, 1.165) is 37.1 Å². The van der Waals surface area contributed by atoms with Gasteiger partial charge in [0, 0.05) is 37.7 Å². The predicted molar refractivity (Wildman–Crippen MR) is 122 cm³/mol. The second-order valence-corrected chi connectivity index (χ2v) is 9.11. The Hall–Kier alpha value is -3.04. The minimum atomic E-state index is -0.613. The molecular weight excluding hydrogens is 444 g/mol. The standard InChI is InChI=1S/C23H25ClN6O3/c24-19-10-26-11-20(27-19)29(16-2-1-7-25-9-16)12-14-3-4-15-13-30(23(33)17(15)8-14)18-5-6-21(31)28-22(18)32/h3-4,8,10-11,16,18,25H,1-2,5-7,9,12-13H2,(H,28,31,32). The summed E-state index contributed by atoms with van der Waals surface area (Å²) in [7, 11) is 0. The van der Waals surface area contributed by atoms with Crippen molar-refractivity contribution in [2.75, 3.05) is 18.0 Å². The van der Waals surface area contributed by atoms with Crippen LogP contribution in [0, 0.1) is 0 Å². The van der Waals surface area contributed by atoms with E-state index in [1.807, 2.05) is 18.2 Å². The predicted octanol–water partition coefficient (Wildman–Crippen LogP) is 1.65. The molecule has 4 heterocycles. The van der Waals surface area contributed by atoms with Gasteiger partial charge in [-0.2, -0.15) is 0 Å². The van der Waals surface area contributed by atoms with Crippen LogP contribution in [-0.2, 0) is 22.7 Å². The first kappa shape index (κ1) is 21.8. The number of halogens is 1. The summed E-state index contributed by atoms with van der Waals surface area (Å²) in [4.78, 5) is 49.4. The molecule has 9 nitrogen and oxygen atoms in total. The van der Waals surface area contributed by atoms with Gasteiger partial charge in [-0.15, -0.1) is 0 Å². The summed E-state index contributed by atoms with van der Waals surface area (Å²) < 4.78 is 0. The van der Waals surface area contributed by atoms with Crippen molar-refractivity contribution in [3.05, 3.63) is 52.4 Å². The molecular formula is C23H25ClN6O3. The molecule has 3 aliphatic rings. The SMILES string of the molecule is O=C1CCC(N2Cc3ccc(CN(c4cncc(Cl)n4)C4CCCNC4)cc3C2=O)C(=O)N1. The van der Waals surface area contributed by atoms with Crippen molar-refractivity contribution in [2.24, 2.45) is 0 Å². The summed E-state index contributed by atoms with van der Waals surface area (Å²) in [6.45, 7) is 2.76. The third-order valence-corrected chi connectivity index (χ3v) is 6.73. The molecule has 33 heavy (non-hydrogen) atoms. The van der Waals surface area contributed by atoms with Gasteiger partial charge >= 0.3 is 0 Å². The summed E-state index contributed by atoms with van der Waals surface area (Å²) in [5.41, 5.74) is 2.47. The van der Waals surface area contributed by atoms with Gasteiger partial charge in [-0.25, -0.2) is 4.98 Å². The van der Waals surface area contributed by atoms with Crippen LogP contribution in [0.15, 0.2) is 30.6 Å². The molecule has 2 atom stereocenters. The second-order valence-electron chi connectivity index (χ2n) is 8.72. The van der Waals surface area contributed by atoms with Gasteiger partial charge in [0.2, 0.25) is 11.8 Å². The zero-order chi connectivity index (χ0) is 22.9. The molecule has 1 aromatic carbocycles. The Kier molecular flexibility index (Phi) is 5.99. The monoisotopic (exact) mass is 468 g/mol. The van der Waals surface area contributed by atoms with E-state index in [9.17, 15) is 14.4 Å². The molecule has 0 saturated carbocycles. The van der Waals surface area contributed by atoms with E-state index in [1.165, 1.54) is 6.20 Å². The van der Waals surface area contributed by atoms with Crippen molar-refractivity contribution in [3.63, 3.8) is 0 Å². The van der Waals surface area contributed by atoms with Gasteiger partial charge in [-0.3, -0.25) is 24.7 Å². The van der Waals surface area contributed by atoms with Crippen LogP contribution in [0.4, 0.5) is 5.82 Å². The fraction of sp³-hybridized carbons (Fsp3) is 0.435. The van der Waals surface area contributed by atoms with Gasteiger partial charge in [-0.05, 0) is 43.0 Å². The number of anilines is 1. The van der Waals surface area contributed by atoms with E-state index in [-0.39, 0.29) is 24.3 Å². The quantitative estimate of drug-likeness (QED) is 0.642. The lowest BCUT2D eigenvalue weighted by Crippen LogP contribution is -2.52. The van der Waals surface area contributed by atoms with Crippen molar-refractivity contribution < 1.29 is 14.4 Å². The lowest BCUT2D eigenvalue weighted by Gasteiger charge is -2.35. The summed E-state index contributed by atoms with van der Waals surface area (Å²) in [6, 6.07) is 5.50. The lowest BCUT2D eigenvalue weighted by molar-refractivity contribution is -0.136. The van der Waals surface area contributed by atoms with Gasteiger partial charge in [-0.1, -0.05) is 23.7 Å². The molecule has 2 saturated heterocycles. The molecule has 3 aliphatic heterocycles. The topological polar surface area (TPSA) is 108 Å². The highest BCUT2D eigenvalue weighted by Crippen LogP contribution is 2.30. The minimum Gasteiger partial charge on any atom is -0.347 e. The first-order valence-electron chi connectivity index (χ1n) is 11.2. The van der Waals surface area contributed by atoms with Crippen LogP contribution >= 0.6 is 11.6 Å². The van der Waals surface area contributed by atoms with Gasteiger partial charge < -0.3 is 15.1 Å². The third-order valence-electron chi connectivity index (χ3n) is 6.54. The molecule has 0 spiro atoms. The zero-order valence-electron chi connectivity index (χ0n) is 18.1. The molecule has 0 radical (unpaired) electrons. The van der Waals surface area contributed by atoms with E-state index < -0.39 is 11.9 Å². The number of nitrogens with one attached hydrogen (secondary N) is 2. The van der Waals surface area contributed by atoms with E-state index >= 15 is 0 Å². The van der Waals surface area contributed by atoms with Gasteiger partial charge in [0.05, 0.1) is 12.4 Å². The Balaban J connectivity index is 1.38. The smallest absolute Gasteiger partial charge is 0.255 e. The average Bonchev–Trinajstić information content (AvgIpc) is 3.14. The zero-order valence-corrected chi connectivity index (χ0v) is 18.8. The van der Waals surface area contributed by atoms with Crippen LogP contribution in [0.25, 0.3) is 0 Å². The number of hydrogen-bond acceptors (Lipinski definition) is 7. The largest absolute Gasteiger partial charge is 0.347 e. The molecule has 0 aliphatic carbocycles. The summed E-state index contributed by atoms with van der Waals surface area (Å²) in [6.07, 6.45) is 5.91. The van der Waals surface area contributed by atoms with Gasteiger partial charge in [0.15, 0.2) is 0 Å². The van der Waals surface area contributed by atoms with Crippen molar-refractivity contribution in [2.45, 2.75) is 50.9 Å². The molecule has 2 N–H and O–H groups in total. The fourth-order valence-corrected chi connectivity index (χ4v) is 5.01. The first-order valence-corrected chi connectivity index (χ1v) is 11.6. The summed E-state index contributed by atoms with van der Waals surface area (Å²) in [5.74, 6) is -0.157. The maximum atomic E-state index is 13.2. The highest BCUT2D eigenvalue weighted by atomic mass is 35.5. The van der Waals surface area contributed by atoms with Crippen molar-refractivity contribution in [1.29, 1.82) is 0 Å². The van der Waals surface area contributed by atoms with Crippen molar-refractivity contribution >= 4 is 35.1 Å². The maximum absolute atomic E-state index is 13.2. The molecule has 2 aromatic rings. The van der Waals surface area contributed by atoms with E-state index in [4.69, 9.17) is 11.6 Å². The number of nitrogens with zero attached hydrogens (tertiary/aromatic N) is 4. The van der Waals surface area contributed by atoms with E-state index in [0.29, 0.717) is 36.0 Å². The molecule has 2 fully saturated rings. The Morgan fingerprint density at radius 2 is 2.06 bits per heavy atom. The number of carbonyl (C=O) groups excluding carboxylic acids is 3. The maximum Gasteiger partial charge on any atom is 0.255 e. The molecule has 5 rings (SSSR count). The molecule has 0 bridgehead atoms. The number of imide groups is 1. The van der Waals surface area contributed by atoms with Crippen molar-refractivity contribution in [3.8, 4) is 0 Å². The minimum absolute atomic E-state index is 0.172. The van der Waals surface area contributed by atoms with Crippen LogP contribution in [0.5, 0.6) is 0 Å². The van der Waals surface area contributed by atoms with E-state index in [2.05, 4.69) is 25.5 Å². The van der Waals surface area contributed by atoms with Crippen LogP contribution in [0.3, 0.4) is 0 Å². The highest BCUT2D eigenvalue weighted by Gasteiger charge is 2.39. The number of benzene rings is 1. The Morgan fingerprint density at radius 3 is 2.82 bits per heavy atom. The number of piperidine rings is 2. The van der Waals surface area contributed by atoms with E-state index in [1.54, 1.807) is 11.1 Å². The van der Waals surface area contributed by atoms with Crippen LogP contribution in [-0.4, -0.2) is 57.8 Å². The fourth-order valence-electron chi connectivity index (χ4n) is 4.86. The first-order chi connectivity index (χ1) is 16.0. The number of rotatable bonds is 5. The number of carbonyl (C=O) groups is 3. The molecule has 3 amide bonds. The van der Waals surface area contributed by atoms with Crippen molar-refractivity contribution in [1.82, 2.24) is 25.5 Å². The number of fused-ring (bicyclic) bond motifs is 1. The summed E-state index contributed by atoms with van der Waals surface area (Å²) in [5, 5.41) is 6.12. The normalized spacial score (nSPS) is 22.8. The lowest BCUT2D eigenvalue weighted by atomic mass is 10.0. The Morgan fingerprint density at radius 1 is 1.18 bits per heavy atom. The van der Waals surface area contributed by atoms with Crippen LogP contribution < -0.4 is 15.5 Å². The molecule has 10 heteroatoms. The average molecular weight is 469 g/mol. The molecule has 172 valence electrons. The molecule has 1 aromatic heterocycles.